The lowest BCUT2D eigenvalue weighted by atomic mass is 9.93. The van der Waals surface area contributed by atoms with Crippen molar-refractivity contribution >= 4 is 0 Å². The predicted octanol–water partition coefficient (Wildman–Crippen LogP) is 7.24. The molecule has 27 unspecified atom stereocenters. The van der Waals surface area contributed by atoms with Gasteiger partial charge in [-0.15, -0.1) is 0 Å². The molecule has 8 aromatic carbocycles. The smallest absolute Gasteiger partial charge is 0.309 e. The van der Waals surface area contributed by atoms with E-state index in [-0.39, 0.29) is 66.1 Å². The van der Waals surface area contributed by atoms with Crippen molar-refractivity contribution in [1.82, 2.24) is 0 Å². The van der Waals surface area contributed by atoms with Gasteiger partial charge in [0.1, 0.15) is 110 Å². The lowest BCUT2D eigenvalue weighted by molar-refractivity contribution is -0.466. The Morgan fingerprint density at radius 3 is 0.954 bits per heavy atom. The fourth-order valence-corrected chi connectivity index (χ4v) is 16.0. The number of rotatable bonds is 50. The Balaban J connectivity index is 0.994. The number of aliphatic hydroxyl groups is 11. The van der Waals surface area contributed by atoms with Gasteiger partial charge in [0.15, 0.2) is 31.5 Å². The molecule has 0 bridgehead atoms. The molecule has 0 saturated carbocycles. The van der Waals surface area contributed by atoms with Crippen molar-refractivity contribution in [3.05, 3.63) is 287 Å². The Morgan fingerprint density at radius 2 is 0.631 bits per heavy atom. The minimum Gasteiger partial charge on any atom is -0.394 e. The summed E-state index contributed by atoms with van der Waals surface area (Å²) in [7, 11) is 2.21. The van der Waals surface area contributed by atoms with Crippen LogP contribution >= 0.6 is 0 Å². The van der Waals surface area contributed by atoms with Gasteiger partial charge in [0.2, 0.25) is 0 Å². The average molecular weight is 1810 g/mol. The van der Waals surface area contributed by atoms with E-state index in [1.165, 1.54) is 13.8 Å². The van der Waals surface area contributed by atoms with Gasteiger partial charge in [-0.1, -0.05) is 257 Å². The molecule has 12 rings (SSSR count). The maximum atomic E-state index is 14.4. The summed E-state index contributed by atoms with van der Waals surface area (Å²) in [5.74, 6) is -6.20. The summed E-state index contributed by atoms with van der Waals surface area (Å²) in [6.45, 7) is 3.09. The van der Waals surface area contributed by atoms with Crippen molar-refractivity contribution in [1.29, 1.82) is 0 Å². The second-order valence-electron chi connectivity index (χ2n) is 33.9. The highest BCUT2D eigenvalue weighted by molar-refractivity contribution is 5.21. The van der Waals surface area contributed by atoms with Crippen LogP contribution in [0.15, 0.2) is 243 Å². The normalized spacial score (nSPS) is 28.5. The van der Waals surface area contributed by atoms with Crippen molar-refractivity contribution in [2.75, 3.05) is 53.9 Å². The number of benzene rings is 8. The number of aliphatic hydroxyl groups excluding tert-OH is 10. The van der Waals surface area contributed by atoms with Crippen LogP contribution in [0, 0.1) is 11.8 Å². The van der Waals surface area contributed by atoms with E-state index in [9.17, 15) is 56.2 Å². The summed E-state index contributed by atoms with van der Waals surface area (Å²) in [5, 5.41) is 134. The number of ether oxygens (including phenoxy) is 20. The summed E-state index contributed by atoms with van der Waals surface area (Å²) in [5.41, 5.74) is 4.55. The topological polar surface area (TPSA) is 407 Å². The minimum atomic E-state index is -3.35. The molecule has 31 heteroatoms. The first-order chi connectivity index (χ1) is 63.0. The minimum absolute atomic E-state index is 0.0463. The zero-order chi connectivity index (χ0) is 92.1. The Bertz CT molecular complexity index is 4420. The van der Waals surface area contributed by atoms with E-state index in [1.807, 2.05) is 188 Å². The molecule has 11 N–H and O–H groups in total. The molecule has 0 aromatic heterocycles. The summed E-state index contributed by atoms with van der Waals surface area (Å²) in [4.78, 5) is 0. The second kappa shape index (κ2) is 50.7. The van der Waals surface area contributed by atoms with Crippen LogP contribution in [0.25, 0.3) is 0 Å². The van der Waals surface area contributed by atoms with Gasteiger partial charge >= 0.3 is 5.97 Å². The van der Waals surface area contributed by atoms with Crippen molar-refractivity contribution in [3.8, 4) is 0 Å². The van der Waals surface area contributed by atoms with E-state index in [0.29, 0.717) is 22.3 Å². The van der Waals surface area contributed by atoms with Gasteiger partial charge in [-0.3, -0.25) is 0 Å². The van der Waals surface area contributed by atoms with Crippen LogP contribution in [0.3, 0.4) is 0 Å². The van der Waals surface area contributed by atoms with Crippen molar-refractivity contribution in [2.24, 2.45) is 11.8 Å². The Labute approximate surface area is 758 Å². The molecule has 4 fully saturated rings. The van der Waals surface area contributed by atoms with Crippen LogP contribution in [0.1, 0.15) is 79.1 Å². The van der Waals surface area contributed by atoms with E-state index in [4.69, 9.17) is 94.7 Å². The number of hydrogen-bond donors (Lipinski definition) is 11. The fraction of sp³-hybridized carbons (Fsp3) is 0.515. The molecule has 4 aliphatic heterocycles. The van der Waals surface area contributed by atoms with E-state index >= 15 is 0 Å². The fourth-order valence-electron chi connectivity index (χ4n) is 16.0. The zero-order valence-corrected chi connectivity index (χ0v) is 74.2. The summed E-state index contributed by atoms with van der Waals surface area (Å²) in [6.07, 6.45) is -43.7. The Morgan fingerprint density at radius 1 is 0.331 bits per heavy atom. The molecule has 29 atom stereocenters. The summed E-state index contributed by atoms with van der Waals surface area (Å²) >= 11 is 0. The Kier molecular flexibility index (Phi) is 39.6. The van der Waals surface area contributed by atoms with Crippen molar-refractivity contribution in [3.63, 3.8) is 0 Å². The highest BCUT2D eigenvalue weighted by atomic mass is 16.9. The molecule has 4 aliphatic rings. The maximum absolute atomic E-state index is 14.4. The molecule has 4 heterocycles. The molecular weight excluding hydrogens is 1690 g/mol. The van der Waals surface area contributed by atoms with Gasteiger partial charge in [-0.2, -0.15) is 0 Å². The highest BCUT2D eigenvalue weighted by Crippen LogP contribution is 2.43. The molecule has 0 amide bonds. The van der Waals surface area contributed by atoms with Crippen molar-refractivity contribution < 1.29 is 151 Å². The van der Waals surface area contributed by atoms with Gasteiger partial charge in [-0.05, 0) is 65.3 Å². The molecule has 8 aromatic rings. The van der Waals surface area contributed by atoms with Gasteiger partial charge in [0, 0.05) is 26.1 Å². The number of methoxy groups -OCH3 is 2. The van der Waals surface area contributed by atoms with Crippen LogP contribution in [-0.4, -0.2) is 281 Å². The van der Waals surface area contributed by atoms with E-state index in [1.54, 1.807) is 75.4 Å². The monoisotopic (exact) mass is 1810 g/mol. The van der Waals surface area contributed by atoms with Crippen molar-refractivity contribution in [2.45, 2.75) is 259 Å². The van der Waals surface area contributed by atoms with Crippen LogP contribution in [0.5, 0.6) is 0 Å². The third-order valence-electron chi connectivity index (χ3n) is 23.3. The first-order valence-electron chi connectivity index (χ1n) is 44.1. The van der Waals surface area contributed by atoms with E-state index < -0.39 is 209 Å². The zero-order valence-electron chi connectivity index (χ0n) is 74.2. The van der Waals surface area contributed by atoms with Gasteiger partial charge in [-0.25, -0.2) is 0 Å². The summed E-state index contributed by atoms with van der Waals surface area (Å²) < 4.78 is 137. The van der Waals surface area contributed by atoms with Crippen LogP contribution in [0.2, 0.25) is 0 Å². The van der Waals surface area contributed by atoms with Crippen LogP contribution < -0.4 is 0 Å². The van der Waals surface area contributed by atoms with Gasteiger partial charge < -0.3 is 151 Å². The molecule has 0 spiro atoms. The third kappa shape index (κ3) is 28.1. The Hall–Kier alpha value is -7.48. The summed E-state index contributed by atoms with van der Waals surface area (Å²) in [6, 6.07) is 73.3. The predicted molar refractivity (Wildman–Crippen MR) is 468 cm³/mol. The quantitative estimate of drug-likeness (QED) is 0.0167. The lowest BCUT2D eigenvalue weighted by Gasteiger charge is -2.52. The lowest BCUT2D eigenvalue weighted by Crippen LogP contribution is -2.70. The van der Waals surface area contributed by atoms with Crippen LogP contribution in [-0.2, 0) is 148 Å². The maximum Gasteiger partial charge on any atom is 0.309 e. The largest absolute Gasteiger partial charge is 0.394 e. The highest BCUT2D eigenvalue weighted by Gasteiger charge is 2.62. The standard InChI is InChI=1S/C99H128O31/c1-62(72(104)48-100)78(106)81(109)93(111-6)127-86-82(125-94-88(117-56-68-40-24-12-25-41-68)84(115-54-66-36-20-10-21-37-66)79(107)76(123-94)60-113-52-64-32-16-8-17-33-64)74(50-102)121-96(90(86)119-58-70-44-28-14-29-45-70)128-92(63(2)73(105)49-101)99(110,112-7)129-87-83(75(51-103)122-97(130-98(3,4)5)91(87)120-59-71-46-30-15-31-47-71)126-95-89(118-57-69-42-26-13-27-43-69)85(116-55-67-38-22-11-23-39-67)80(108)77(124-95)61-114-53-65-34-18-9-19-35-65/h8-47,62-63,72-97,100-110H,48-61H2,1-7H3/t62?,63?,72-,73-,74?,75?,76?,77?,78?,79?,80?,81?,82?,83?,84?,85?,86?,87?,88?,89?,90?,91?,92?,93?,94?,95?,96?,97?,99?/m1/s1. The third-order valence-corrected chi connectivity index (χ3v) is 23.3. The molecule has 0 radical (unpaired) electrons. The van der Waals surface area contributed by atoms with Gasteiger partial charge in [0.05, 0.1) is 116 Å². The molecule has 710 valence electrons. The molecule has 31 nitrogen and oxygen atoms in total. The molecular formula is C99H128O31. The van der Waals surface area contributed by atoms with E-state index in [2.05, 4.69) is 0 Å². The van der Waals surface area contributed by atoms with Crippen LogP contribution in [0.4, 0.5) is 0 Å². The first kappa shape index (κ1) is 101. The SMILES string of the molecule is COC(OC1C(OC2OC(COCc3ccccc3)C(O)C(OCc3ccccc3)C2OCc2ccccc2)C(CO)OC(OC(C(C)[C@H](O)CO)C(O)(OC)OC2C(OC3OC(COCc4ccccc4)C(O)C(OCc4ccccc4)C3OCc3ccccc3)C(CO)OC(OC(C)(C)C)C2OCc2ccccc2)C1OCc1ccccc1)C(O)C(O)C(C)[C@H](O)CO. The average Bonchev–Trinajstić information content (AvgIpc) is 0.753. The molecule has 4 saturated heterocycles. The first-order valence-corrected chi connectivity index (χ1v) is 44.1. The number of hydrogen-bond acceptors (Lipinski definition) is 31. The van der Waals surface area contributed by atoms with Gasteiger partial charge in [0.25, 0.3) is 0 Å². The molecule has 130 heavy (non-hydrogen) atoms. The molecule has 0 aliphatic carbocycles. The van der Waals surface area contributed by atoms with E-state index in [0.717, 1.165) is 36.5 Å². The second-order valence-corrected chi connectivity index (χ2v) is 33.9.